The highest BCUT2D eigenvalue weighted by Crippen LogP contribution is 2.37. The van der Waals surface area contributed by atoms with Gasteiger partial charge in [-0.25, -0.2) is 9.97 Å². The second-order valence-electron chi connectivity index (χ2n) is 5.74. The maximum atomic E-state index is 12.0. The Bertz CT molecular complexity index is 893. The van der Waals surface area contributed by atoms with E-state index in [0.717, 1.165) is 21.9 Å². The molecule has 25 heavy (non-hydrogen) atoms. The number of pyridine rings is 1. The SMILES string of the molecule is Nc1nc2c(s1)C(c1ccc(Oc3ccccc3)nc1)CC(=O)NC2. The quantitative estimate of drug-likeness (QED) is 0.756. The molecule has 0 saturated carbocycles. The fourth-order valence-electron chi connectivity index (χ4n) is 2.85. The average molecular weight is 352 g/mol. The van der Waals surface area contributed by atoms with Gasteiger partial charge in [-0.15, -0.1) is 11.3 Å². The summed E-state index contributed by atoms with van der Waals surface area (Å²) in [7, 11) is 0. The highest BCUT2D eigenvalue weighted by molar-refractivity contribution is 7.15. The predicted molar refractivity (Wildman–Crippen MR) is 95.6 cm³/mol. The Hall–Kier alpha value is -2.93. The van der Waals surface area contributed by atoms with Crippen LogP contribution in [0.1, 0.15) is 28.5 Å². The molecule has 6 nitrogen and oxygen atoms in total. The molecule has 3 heterocycles. The van der Waals surface area contributed by atoms with Gasteiger partial charge in [0, 0.05) is 29.5 Å². The first-order chi connectivity index (χ1) is 12.2. The first kappa shape index (κ1) is 15.6. The van der Waals surface area contributed by atoms with Crippen LogP contribution in [0.25, 0.3) is 0 Å². The van der Waals surface area contributed by atoms with Crippen molar-refractivity contribution in [2.45, 2.75) is 18.9 Å². The van der Waals surface area contributed by atoms with Crippen LogP contribution in [0, 0.1) is 0 Å². The van der Waals surface area contributed by atoms with Crippen molar-refractivity contribution in [3.8, 4) is 11.6 Å². The summed E-state index contributed by atoms with van der Waals surface area (Å²) in [5.41, 5.74) is 7.64. The maximum absolute atomic E-state index is 12.0. The fourth-order valence-corrected chi connectivity index (χ4v) is 3.83. The zero-order valence-electron chi connectivity index (χ0n) is 13.3. The molecule has 1 aromatic carbocycles. The fraction of sp³-hybridized carbons (Fsp3) is 0.167. The number of hydrogen-bond acceptors (Lipinski definition) is 6. The largest absolute Gasteiger partial charge is 0.439 e. The molecule has 0 fully saturated rings. The molecule has 1 atom stereocenters. The van der Waals surface area contributed by atoms with Gasteiger partial charge in [-0.2, -0.15) is 0 Å². The van der Waals surface area contributed by atoms with E-state index in [1.54, 1.807) is 6.20 Å². The van der Waals surface area contributed by atoms with Crippen molar-refractivity contribution in [3.05, 3.63) is 64.8 Å². The van der Waals surface area contributed by atoms with Crippen molar-refractivity contribution in [1.29, 1.82) is 0 Å². The Morgan fingerprint density at radius 1 is 1.20 bits per heavy atom. The topological polar surface area (TPSA) is 90.1 Å². The molecule has 0 spiro atoms. The van der Waals surface area contributed by atoms with Gasteiger partial charge in [0.15, 0.2) is 5.13 Å². The summed E-state index contributed by atoms with van der Waals surface area (Å²) in [5, 5.41) is 3.38. The first-order valence-electron chi connectivity index (χ1n) is 7.89. The number of nitrogen functional groups attached to an aromatic ring is 1. The van der Waals surface area contributed by atoms with Gasteiger partial charge in [-0.3, -0.25) is 4.79 Å². The van der Waals surface area contributed by atoms with Crippen LogP contribution in [0.4, 0.5) is 5.13 Å². The molecule has 4 rings (SSSR count). The minimum Gasteiger partial charge on any atom is -0.439 e. The lowest BCUT2D eigenvalue weighted by Crippen LogP contribution is -2.21. The number of benzene rings is 1. The molecule has 2 aromatic heterocycles. The number of anilines is 1. The van der Waals surface area contributed by atoms with Crippen molar-refractivity contribution in [2.24, 2.45) is 0 Å². The number of para-hydroxylation sites is 1. The van der Waals surface area contributed by atoms with E-state index >= 15 is 0 Å². The standard InChI is InChI=1S/C18H16N4O2S/c19-18-22-14-10-20-15(23)8-13(17(14)25-18)11-6-7-16(21-9-11)24-12-4-2-1-3-5-12/h1-7,9,13H,8,10H2,(H2,19,22)(H,20,23). The van der Waals surface area contributed by atoms with Gasteiger partial charge in [0.2, 0.25) is 11.8 Å². The van der Waals surface area contributed by atoms with Crippen molar-refractivity contribution < 1.29 is 9.53 Å². The molecule has 3 aromatic rings. The van der Waals surface area contributed by atoms with Crippen molar-refractivity contribution >= 4 is 22.4 Å². The smallest absolute Gasteiger partial charge is 0.221 e. The van der Waals surface area contributed by atoms with Crippen LogP contribution >= 0.6 is 11.3 Å². The summed E-state index contributed by atoms with van der Waals surface area (Å²) >= 11 is 1.43. The zero-order chi connectivity index (χ0) is 17.2. The molecular formula is C18H16N4O2S. The summed E-state index contributed by atoms with van der Waals surface area (Å²) in [5.74, 6) is 1.15. The molecule has 0 aliphatic carbocycles. The number of rotatable bonds is 3. The van der Waals surface area contributed by atoms with Gasteiger partial charge in [0.05, 0.1) is 12.2 Å². The predicted octanol–water partition coefficient (Wildman–Crippen LogP) is 3.06. The van der Waals surface area contributed by atoms with Crippen LogP contribution in [0.5, 0.6) is 11.6 Å². The van der Waals surface area contributed by atoms with Gasteiger partial charge in [-0.1, -0.05) is 24.3 Å². The number of carbonyl (C=O) groups is 1. The van der Waals surface area contributed by atoms with Gasteiger partial charge in [-0.05, 0) is 17.7 Å². The van der Waals surface area contributed by atoms with E-state index in [9.17, 15) is 4.79 Å². The number of thiazole rings is 1. The summed E-state index contributed by atoms with van der Waals surface area (Å²) in [6, 6.07) is 13.2. The lowest BCUT2D eigenvalue weighted by Gasteiger charge is -2.13. The number of nitrogens with two attached hydrogens (primary N) is 1. The molecule has 126 valence electrons. The van der Waals surface area contributed by atoms with Gasteiger partial charge in [0.25, 0.3) is 0 Å². The molecule has 0 saturated heterocycles. The number of carbonyl (C=O) groups excluding carboxylic acids is 1. The van der Waals surface area contributed by atoms with E-state index in [1.807, 2.05) is 42.5 Å². The maximum Gasteiger partial charge on any atom is 0.221 e. The third kappa shape index (κ3) is 3.32. The van der Waals surface area contributed by atoms with E-state index < -0.39 is 0 Å². The number of amides is 1. The van der Waals surface area contributed by atoms with Crippen LogP contribution in [0.15, 0.2) is 48.7 Å². The lowest BCUT2D eigenvalue weighted by molar-refractivity contribution is -0.121. The molecule has 0 radical (unpaired) electrons. The van der Waals surface area contributed by atoms with Gasteiger partial charge >= 0.3 is 0 Å². The summed E-state index contributed by atoms with van der Waals surface area (Å²) < 4.78 is 5.72. The minimum absolute atomic E-state index is 0.00150. The minimum atomic E-state index is -0.0921. The molecule has 1 amide bonds. The summed E-state index contributed by atoms with van der Waals surface area (Å²) in [6.07, 6.45) is 2.11. The second-order valence-corrected chi connectivity index (χ2v) is 6.80. The molecule has 3 N–H and O–H groups in total. The Kier molecular flexibility index (Phi) is 4.07. The molecule has 7 heteroatoms. The second kappa shape index (κ2) is 6.52. The number of ether oxygens (including phenoxy) is 1. The van der Waals surface area contributed by atoms with Crippen LogP contribution < -0.4 is 15.8 Å². The van der Waals surface area contributed by atoms with Crippen LogP contribution in [0.3, 0.4) is 0 Å². The monoisotopic (exact) mass is 352 g/mol. The normalized spacial score (nSPS) is 16.6. The van der Waals surface area contributed by atoms with E-state index in [-0.39, 0.29) is 11.8 Å². The average Bonchev–Trinajstić information content (AvgIpc) is 2.93. The lowest BCUT2D eigenvalue weighted by atomic mass is 9.95. The number of fused-ring (bicyclic) bond motifs is 1. The van der Waals surface area contributed by atoms with E-state index in [2.05, 4.69) is 15.3 Å². The van der Waals surface area contributed by atoms with Gasteiger partial charge < -0.3 is 15.8 Å². The van der Waals surface area contributed by atoms with Crippen LogP contribution in [-0.2, 0) is 11.3 Å². The number of hydrogen-bond donors (Lipinski definition) is 2. The molecule has 0 bridgehead atoms. The third-order valence-electron chi connectivity index (χ3n) is 4.03. The Morgan fingerprint density at radius 2 is 2.04 bits per heavy atom. The van der Waals surface area contributed by atoms with Crippen molar-refractivity contribution in [1.82, 2.24) is 15.3 Å². The van der Waals surface area contributed by atoms with Gasteiger partial charge in [0.1, 0.15) is 5.75 Å². The molecule has 1 unspecified atom stereocenters. The van der Waals surface area contributed by atoms with Crippen LogP contribution in [0.2, 0.25) is 0 Å². The number of nitrogens with zero attached hydrogens (tertiary/aromatic N) is 2. The Labute approximate surface area is 148 Å². The van der Waals surface area contributed by atoms with Crippen LogP contribution in [-0.4, -0.2) is 15.9 Å². The van der Waals surface area contributed by atoms with E-state index in [1.165, 1.54) is 11.3 Å². The van der Waals surface area contributed by atoms with Crippen molar-refractivity contribution in [3.63, 3.8) is 0 Å². The molecule has 1 aliphatic heterocycles. The van der Waals surface area contributed by atoms with Crippen molar-refractivity contribution in [2.75, 3.05) is 5.73 Å². The van der Waals surface area contributed by atoms with E-state index in [4.69, 9.17) is 10.5 Å². The zero-order valence-corrected chi connectivity index (χ0v) is 14.1. The summed E-state index contributed by atoms with van der Waals surface area (Å²) in [4.78, 5) is 21.8. The van der Waals surface area contributed by atoms with E-state index in [0.29, 0.717) is 24.0 Å². The highest BCUT2D eigenvalue weighted by atomic mass is 32.1. The Morgan fingerprint density at radius 3 is 2.80 bits per heavy atom. The first-order valence-corrected chi connectivity index (χ1v) is 8.71. The molecule has 1 aliphatic rings. The number of aromatic nitrogens is 2. The molecular weight excluding hydrogens is 336 g/mol. The summed E-state index contributed by atoms with van der Waals surface area (Å²) in [6.45, 7) is 0.418. The number of nitrogens with one attached hydrogen (secondary N) is 1. The Balaban J connectivity index is 1.61. The highest BCUT2D eigenvalue weighted by Gasteiger charge is 2.27. The third-order valence-corrected chi connectivity index (χ3v) is 5.07.